The van der Waals surface area contributed by atoms with Crippen LogP contribution in [0.2, 0.25) is 0 Å². The van der Waals surface area contributed by atoms with Crippen LogP contribution < -0.4 is 0 Å². The lowest BCUT2D eigenvalue weighted by Crippen LogP contribution is -1.92. The monoisotopic (exact) mass is 1900 g/mol. The molecule has 0 fully saturated rings. The van der Waals surface area contributed by atoms with Gasteiger partial charge in [-0.3, -0.25) is 0 Å². The molecule has 30 aromatic carbocycles. The molecular formula is C150H96. The van der Waals surface area contributed by atoms with Crippen LogP contribution >= 0.6 is 0 Å². The van der Waals surface area contributed by atoms with Crippen LogP contribution in [0.4, 0.5) is 0 Å². The lowest BCUT2D eigenvalue weighted by molar-refractivity contribution is 1.61. The van der Waals surface area contributed by atoms with Crippen molar-refractivity contribution >= 4 is 162 Å². The number of fused-ring (bicyclic) bond motifs is 15. The Morgan fingerprint density at radius 3 is 0.527 bits per heavy atom. The second-order valence-corrected chi connectivity index (χ2v) is 39.9. The van der Waals surface area contributed by atoms with Crippen LogP contribution in [0.1, 0.15) is 0 Å². The average molecular weight is 1900 g/mol. The second kappa shape index (κ2) is 37.6. The molecule has 0 aliphatic carbocycles. The maximum atomic E-state index is 2.43. The number of rotatable bonds is 12. The Kier molecular flexibility index (Phi) is 22.1. The van der Waals surface area contributed by atoms with Gasteiger partial charge < -0.3 is 0 Å². The van der Waals surface area contributed by atoms with Crippen LogP contribution in [0.5, 0.6) is 0 Å². The highest BCUT2D eigenvalue weighted by Gasteiger charge is 2.25. The molecule has 150 heavy (non-hydrogen) atoms. The minimum Gasteiger partial charge on any atom is -0.0616 e. The first-order valence-electron chi connectivity index (χ1n) is 52.0. The fourth-order valence-electron chi connectivity index (χ4n) is 23.9. The van der Waals surface area contributed by atoms with Crippen molar-refractivity contribution in [2.24, 2.45) is 0 Å². The summed E-state index contributed by atoms with van der Waals surface area (Å²) in [6.45, 7) is 0. The lowest BCUT2D eigenvalue weighted by atomic mass is 9.84. The maximum absolute atomic E-state index is 2.43. The quantitative estimate of drug-likeness (QED) is 0.107. The van der Waals surface area contributed by atoms with E-state index >= 15 is 0 Å². The summed E-state index contributed by atoms with van der Waals surface area (Å²) in [5, 5.41) is 37.8. The van der Waals surface area contributed by atoms with Gasteiger partial charge in [-0.05, 0) is 368 Å². The van der Waals surface area contributed by atoms with Gasteiger partial charge in [-0.2, -0.15) is 0 Å². The van der Waals surface area contributed by atoms with E-state index in [0.29, 0.717) is 0 Å². The third-order valence-corrected chi connectivity index (χ3v) is 31.2. The summed E-state index contributed by atoms with van der Waals surface area (Å²) in [5.74, 6) is 0. The van der Waals surface area contributed by atoms with Gasteiger partial charge in [-0.15, -0.1) is 0 Å². The molecule has 0 saturated heterocycles. The fourth-order valence-corrected chi connectivity index (χ4v) is 23.9. The number of hydrogen-bond donors (Lipinski definition) is 0. The van der Waals surface area contributed by atoms with Crippen LogP contribution in [0.25, 0.3) is 295 Å². The summed E-state index contributed by atoms with van der Waals surface area (Å²) >= 11 is 0. The van der Waals surface area contributed by atoms with Crippen molar-refractivity contribution in [3.63, 3.8) is 0 Å². The predicted octanol–water partition coefficient (Wildman–Crippen LogP) is 42.4. The summed E-state index contributed by atoms with van der Waals surface area (Å²) in [5.41, 5.74) is 29.8. The van der Waals surface area contributed by atoms with Gasteiger partial charge in [-0.25, -0.2) is 0 Å². The Labute approximate surface area is 870 Å². The minimum absolute atomic E-state index is 1.21. The van der Waals surface area contributed by atoms with Crippen LogP contribution in [0, 0.1) is 0 Å². The Balaban J connectivity index is 0.000000108. The highest BCUT2D eigenvalue weighted by Crippen LogP contribution is 2.52. The van der Waals surface area contributed by atoms with Gasteiger partial charge in [0.15, 0.2) is 0 Å². The molecule has 696 valence electrons. The van der Waals surface area contributed by atoms with Gasteiger partial charge in [0.1, 0.15) is 0 Å². The average Bonchev–Trinajstić information content (AvgIpc) is 0.731. The van der Waals surface area contributed by atoms with Crippen LogP contribution in [0.15, 0.2) is 582 Å². The van der Waals surface area contributed by atoms with Gasteiger partial charge in [0.2, 0.25) is 0 Å². The predicted molar refractivity (Wildman–Crippen MR) is 647 cm³/mol. The minimum atomic E-state index is 1.21. The van der Waals surface area contributed by atoms with Crippen molar-refractivity contribution in [1.82, 2.24) is 0 Å². The molecule has 0 aromatic heterocycles. The summed E-state index contributed by atoms with van der Waals surface area (Å²) < 4.78 is 0. The maximum Gasteiger partial charge on any atom is -0.00259 e. The first-order chi connectivity index (χ1) is 74.3. The van der Waals surface area contributed by atoms with Crippen molar-refractivity contribution < 1.29 is 0 Å². The Morgan fingerprint density at radius 2 is 0.233 bits per heavy atom. The van der Waals surface area contributed by atoms with Crippen LogP contribution in [0.3, 0.4) is 0 Å². The molecule has 0 radical (unpaired) electrons. The topological polar surface area (TPSA) is 0 Å². The van der Waals surface area contributed by atoms with Crippen LogP contribution in [-0.2, 0) is 0 Å². The van der Waals surface area contributed by atoms with E-state index in [1.807, 2.05) is 0 Å². The second-order valence-electron chi connectivity index (χ2n) is 39.9. The molecule has 0 heteroatoms. The molecule has 0 atom stereocenters. The van der Waals surface area contributed by atoms with Crippen molar-refractivity contribution in [1.29, 1.82) is 0 Å². The molecule has 0 spiro atoms. The normalized spacial score (nSPS) is 11.6. The molecule has 0 bridgehead atoms. The highest BCUT2D eigenvalue weighted by atomic mass is 14.3. The van der Waals surface area contributed by atoms with Crippen LogP contribution in [-0.4, -0.2) is 0 Å². The van der Waals surface area contributed by atoms with E-state index in [-0.39, 0.29) is 0 Å². The van der Waals surface area contributed by atoms with Crippen molar-refractivity contribution in [3.05, 3.63) is 582 Å². The SMILES string of the molecule is c1cc(-c2ccc3c(-c4ccc5ccccc5c4)c4ccccc4c(-c4ccc5ccccc5c4)c3c2)cc(-c2cccc3ccccc23)c1.c1cc(-c2ccc3ccccc3c2)cc(-c2ccc3c(-c4ccc5ccccc5c4)c4ccccc4c(-c4ccc5ccccc5c4)c3c2)c1.c1ccc2cc(-c3c4ccccc4c(-c4ccc5ccccc5c4)c4cc(-c5ccc(-c6cccc7ccccc67)cc5)ccc34)ccc2c1. The van der Waals surface area contributed by atoms with E-state index in [1.165, 1.54) is 295 Å². The first kappa shape index (κ1) is 88.2. The van der Waals surface area contributed by atoms with Crippen molar-refractivity contribution in [3.8, 4) is 134 Å². The Hall–Kier alpha value is -19.5. The van der Waals surface area contributed by atoms with Gasteiger partial charge >= 0.3 is 0 Å². The van der Waals surface area contributed by atoms with E-state index < -0.39 is 0 Å². The zero-order valence-corrected chi connectivity index (χ0v) is 82.4. The van der Waals surface area contributed by atoms with Gasteiger partial charge in [-0.1, -0.05) is 510 Å². The summed E-state index contributed by atoms with van der Waals surface area (Å²) in [7, 11) is 0. The molecule has 0 aliphatic heterocycles. The van der Waals surface area contributed by atoms with Gasteiger partial charge in [0.25, 0.3) is 0 Å². The third kappa shape index (κ3) is 16.1. The highest BCUT2D eigenvalue weighted by molar-refractivity contribution is 6.27. The van der Waals surface area contributed by atoms with Crippen molar-refractivity contribution in [2.45, 2.75) is 0 Å². The molecule has 30 aromatic rings. The molecule has 30 rings (SSSR count). The summed E-state index contributed by atoms with van der Waals surface area (Å²) in [4.78, 5) is 0. The molecule has 0 saturated carbocycles. The molecule has 0 aliphatic rings. The number of hydrogen-bond acceptors (Lipinski definition) is 0. The van der Waals surface area contributed by atoms with E-state index in [9.17, 15) is 0 Å². The fraction of sp³-hybridized carbons (Fsp3) is 0. The van der Waals surface area contributed by atoms with E-state index in [4.69, 9.17) is 0 Å². The third-order valence-electron chi connectivity index (χ3n) is 31.2. The molecule has 0 unspecified atom stereocenters. The van der Waals surface area contributed by atoms with E-state index in [0.717, 1.165) is 0 Å². The molecule has 0 N–H and O–H groups in total. The lowest BCUT2D eigenvalue weighted by Gasteiger charge is -2.19. The molecule has 0 heterocycles. The summed E-state index contributed by atoms with van der Waals surface area (Å²) in [6, 6.07) is 214. The van der Waals surface area contributed by atoms with Gasteiger partial charge in [0, 0.05) is 0 Å². The summed E-state index contributed by atoms with van der Waals surface area (Å²) in [6.07, 6.45) is 0. The first-order valence-corrected chi connectivity index (χ1v) is 52.0. The molecule has 0 nitrogen and oxygen atoms in total. The van der Waals surface area contributed by atoms with E-state index in [2.05, 4.69) is 582 Å². The molecular weight excluding hydrogens is 1800 g/mol. The van der Waals surface area contributed by atoms with E-state index in [1.54, 1.807) is 0 Å². The van der Waals surface area contributed by atoms with Crippen molar-refractivity contribution in [2.75, 3.05) is 0 Å². The zero-order valence-electron chi connectivity index (χ0n) is 82.4. The standard InChI is InChI=1S/3C50H32/c1-4-13-36-28-41(23-20-33(36)10-1)39-16-9-17-40(29-39)42-26-27-47-48(32-42)50(44-25-22-35-12-3-6-15-38(35)31-44)46-19-8-7-18-45(46)49(47)43-24-21-34-11-2-5-14-37(34)30-43;1-3-14-36-30-41(25-23-33(36)11-1)49-45-20-7-8-21-46(45)50(42-26-24-34-12-2-4-15-37(34)31-42)48-32-39(27-28-47(48)49)38-17-9-18-40(29-38)44-22-10-16-35-13-5-6-19-43(35)44;1-3-13-38-30-41(26-22-33(38)10-1)49-45-17-7-8-18-46(45)50(42-27-23-34-11-2-4-14-39(34)31-42)48-32-40(28-29-47(48)49)35-20-24-37(25-21-35)44-19-9-15-36-12-5-6-16-43(36)44/h3*1-32H. The zero-order chi connectivity index (χ0) is 99.1. The molecule has 0 amide bonds. The Bertz CT molecular complexity index is 10700. The number of benzene rings is 30. The van der Waals surface area contributed by atoms with Gasteiger partial charge in [0.05, 0.1) is 0 Å². The largest absolute Gasteiger partial charge is 0.0616 e. The Morgan fingerprint density at radius 1 is 0.0667 bits per heavy atom. The smallest absolute Gasteiger partial charge is 0.00259 e.